The highest BCUT2D eigenvalue weighted by molar-refractivity contribution is 5.87. The van der Waals surface area contributed by atoms with Gasteiger partial charge in [-0.15, -0.1) is 0 Å². The number of halogens is 1. The second kappa shape index (κ2) is 9.56. The van der Waals surface area contributed by atoms with Gasteiger partial charge < -0.3 is 9.80 Å². The van der Waals surface area contributed by atoms with Gasteiger partial charge in [0.25, 0.3) is 0 Å². The van der Waals surface area contributed by atoms with Crippen molar-refractivity contribution in [2.24, 2.45) is 0 Å². The zero-order chi connectivity index (χ0) is 21.6. The number of carbonyl (C=O) groups excluding carboxylic acids is 2. The number of hydrogen-bond acceptors (Lipinski definition) is 2. The minimum Gasteiger partial charge on any atom is -0.339 e. The molecule has 0 N–H and O–H groups in total. The Kier molecular flexibility index (Phi) is 6.41. The van der Waals surface area contributed by atoms with Crippen molar-refractivity contribution in [1.82, 2.24) is 9.80 Å². The zero-order valence-corrected chi connectivity index (χ0v) is 17.3. The van der Waals surface area contributed by atoms with E-state index in [-0.39, 0.29) is 30.0 Å². The second-order valence-corrected chi connectivity index (χ2v) is 7.76. The minimum absolute atomic E-state index is 0.00127. The predicted octanol–water partition coefficient (Wildman–Crippen LogP) is 3.87. The van der Waals surface area contributed by atoms with E-state index in [0.717, 1.165) is 16.7 Å². The van der Waals surface area contributed by atoms with Crippen molar-refractivity contribution < 1.29 is 14.0 Å². The molecule has 0 saturated carbocycles. The fourth-order valence-electron chi connectivity index (χ4n) is 4.02. The zero-order valence-electron chi connectivity index (χ0n) is 17.3. The molecule has 1 saturated heterocycles. The molecular formula is C26H25FN2O2. The first-order valence-electron chi connectivity index (χ1n) is 10.5. The third-order valence-corrected chi connectivity index (χ3v) is 5.73. The van der Waals surface area contributed by atoms with Crippen LogP contribution >= 0.6 is 0 Å². The predicted molar refractivity (Wildman–Crippen MR) is 118 cm³/mol. The second-order valence-electron chi connectivity index (χ2n) is 7.76. The SMILES string of the molecule is O=C(Cc1ccc(F)cc1)N1CCN(C(=O)C(c2ccccc2)c2ccccc2)CC1. The van der Waals surface area contributed by atoms with E-state index in [2.05, 4.69) is 0 Å². The average Bonchev–Trinajstić information content (AvgIpc) is 2.82. The van der Waals surface area contributed by atoms with E-state index in [1.54, 1.807) is 17.0 Å². The molecule has 31 heavy (non-hydrogen) atoms. The van der Waals surface area contributed by atoms with Crippen LogP contribution in [0.4, 0.5) is 4.39 Å². The van der Waals surface area contributed by atoms with E-state index in [0.29, 0.717) is 26.2 Å². The van der Waals surface area contributed by atoms with E-state index in [4.69, 9.17) is 0 Å². The molecule has 0 unspecified atom stereocenters. The molecule has 1 heterocycles. The molecule has 4 rings (SSSR count). The normalized spacial score (nSPS) is 14.0. The van der Waals surface area contributed by atoms with Crippen LogP contribution in [0, 0.1) is 5.82 Å². The van der Waals surface area contributed by atoms with E-state index in [1.807, 2.05) is 65.6 Å². The quantitative estimate of drug-likeness (QED) is 0.634. The van der Waals surface area contributed by atoms with Crippen LogP contribution in [0.25, 0.3) is 0 Å². The topological polar surface area (TPSA) is 40.6 Å². The van der Waals surface area contributed by atoms with Crippen LogP contribution in [0.5, 0.6) is 0 Å². The first-order chi connectivity index (χ1) is 15.1. The molecule has 1 aliphatic rings. The number of piperazine rings is 1. The van der Waals surface area contributed by atoms with Crippen LogP contribution in [0.15, 0.2) is 84.9 Å². The van der Waals surface area contributed by atoms with Crippen LogP contribution in [-0.2, 0) is 16.0 Å². The summed E-state index contributed by atoms with van der Waals surface area (Å²) in [6.45, 7) is 2.01. The summed E-state index contributed by atoms with van der Waals surface area (Å²) in [5.41, 5.74) is 2.72. The molecule has 0 bridgehead atoms. The summed E-state index contributed by atoms with van der Waals surface area (Å²) in [6, 6.07) is 25.6. The standard InChI is InChI=1S/C26H25FN2O2/c27-23-13-11-20(12-14-23)19-24(30)28-15-17-29(18-16-28)26(31)25(21-7-3-1-4-8-21)22-9-5-2-6-10-22/h1-14,25H,15-19H2. The summed E-state index contributed by atoms with van der Waals surface area (Å²) in [5.74, 6) is -0.608. The van der Waals surface area contributed by atoms with Crippen LogP contribution in [0.1, 0.15) is 22.6 Å². The molecule has 0 atom stereocenters. The van der Waals surface area contributed by atoms with Crippen molar-refractivity contribution in [3.8, 4) is 0 Å². The van der Waals surface area contributed by atoms with Crippen molar-refractivity contribution in [2.45, 2.75) is 12.3 Å². The van der Waals surface area contributed by atoms with Gasteiger partial charge in [0.1, 0.15) is 5.82 Å². The molecule has 1 aliphatic heterocycles. The van der Waals surface area contributed by atoms with E-state index >= 15 is 0 Å². The highest BCUT2D eigenvalue weighted by atomic mass is 19.1. The first-order valence-corrected chi connectivity index (χ1v) is 10.5. The summed E-state index contributed by atoms with van der Waals surface area (Å²) in [6.07, 6.45) is 0.241. The van der Waals surface area contributed by atoms with Gasteiger partial charge in [0.05, 0.1) is 12.3 Å². The van der Waals surface area contributed by atoms with Crippen LogP contribution < -0.4 is 0 Å². The molecule has 4 nitrogen and oxygen atoms in total. The van der Waals surface area contributed by atoms with Crippen LogP contribution in [-0.4, -0.2) is 47.8 Å². The highest BCUT2D eigenvalue weighted by Gasteiger charge is 2.30. The summed E-state index contributed by atoms with van der Waals surface area (Å²) in [7, 11) is 0. The highest BCUT2D eigenvalue weighted by Crippen LogP contribution is 2.27. The Morgan fingerprint density at radius 1 is 0.710 bits per heavy atom. The first kappa shape index (κ1) is 20.8. The largest absolute Gasteiger partial charge is 0.339 e. The maximum Gasteiger partial charge on any atom is 0.234 e. The van der Waals surface area contributed by atoms with E-state index in [9.17, 15) is 14.0 Å². The Morgan fingerprint density at radius 3 is 1.71 bits per heavy atom. The van der Waals surface area contributed by atoms with Gasteiger partial charge in [-0.05, 0) is 28.8 Å². The monoisotopic (exact) mass is 416 g/mol. The van der Waals surface area contributed by atoms with Gasteiger partial charge in [-0.2, -0.15) is 0 Å². The number of amides is 2. The molecule has 5 heteroatoms. The van der Waals surface area contributed by atoms with Crippen LogP contribution in [0.2, 0.25) is 0 Å². The lowest BCUT2D eigenvalue weighted by molar-refractivity contribution is -0.139. The van der Waals surface area contributed by atoms with Crippen molar-refractivity contribution >= 4 is 11.8 Å². The number of hydrogen-bond donors (Lipinski definition) is 0. The number of rotatable bonds is 5. The summed E-state index contributed by atoms with van der Waals surface area (Å²) in [4.78, 5) is 29.8. The molecule has 0 radical (unpaired) electrons. The van der Waals surface area contributed by atoms with Gasteiger partial charge in [-0.3, -0.25) is 9.59 Å². The molecule has 3 aromatic rings. The molecule has 0 aromatic heterocycles. The smallest absolute Gasteiger partial charge is 0.234 e. The third kappa shape index (κ3) is 5.00. The Bertz CT molecular complexity index is 975. The van der Waals surface area contributed by atoms with Crippen molar-refractivity contribution in [3.05, 3.63) is 107 Å². The summed E-state index contributed by atoms with van der Waals surface area (Å²) < 4.78 is 13.1. The Morgan fingerprint density at radius 2 is 1.19 bits per heavy atom. The fraction of sp³-hybridized carbons (Fsp3) is 0.231. The number of carbonyl (C=O) groups is 2. The molecule has 0 spiro atoms. The van der Waals surface area contributed by atoms with Crippen molar-refractivity contribution in [2.75, 3.05) is 26.2 Å². The maximum absolute atomic E-state index is 13.5. The van der Waals surface area contributed by atoms with Crippen molar-refractivity contribution in [1.29, 1.82) is 0 Å². The van der Waals surface area contributed by atoms with Gasteiger partial charge in [0.15, 0.2) is 0 Å². The van der Waals surface area contributed by atoms with Gasteiger partial charge >= 0.3 is 0 Å². The molecule has 158 valence electrons. The number of benzene rings is 3. The summed E-state index contributed by atoms with van der Waals surface area (Å²) in [5, 5.41) is 0. The van der Waals surface area contributed by atoms with Gasteiger partial charge in [0, 0.05) is 26.2 Å². The van der Waals surface area contributed by atoms with Gasteiger partial charge in [0.2, 0.25) is 11.8 Å². The van der Waals surface area contributed by atoms with E-state index in [1.165, 1.54) is 12.1 Å². The number of nitrogens with zero attached hydrogens (tertiary/aromatic N) is 2. The van der Waals surface area contributed by atoms with E-state index < -0.39 is 0 Å². The Labute approximate surface area is 181 Å². The third-order valence-electron chi connectivity index (χ3n) is 5.73. The lowest BCUT2D eigenvalue weighted by atomic mass is 9.90. The maximum atomic E-state index is 13.5. The van der Waals surface area contributed by atoms with Crippen LogP contribution in [0.3, 0.4) is 0 Å². The minimum atomic E-state index is -0.358. The lowest BCUT2D eigenvalue weighted by Gasteiger charge is -2.36. The lowest BCUT2D eigenvalue weighted by Crippen LogP contribution is -2.52. The van der Waals surface area contributed by atoms with Gasteiger partial charge in [-0.25, -0.2) is 4.39 Å². The fourth-order valence-corrected chi connectivity index (χ4v) is 4.02. The molecule has 2 amide bonds. The summed E-state index contributed by atoms with van der Waals surface area (Å²) >= 11 is 0. The van der Waals surface area contributed by atoms with Crippen molar-refractivity contribution in [3.63, 3.8) is 0 Å². The van der Waals surface area contributed by atoms with Gasteiger partial charge in [-0.1, -0.05) is 72.8 Å². The molecule has 0 aliphatic carbocycles. The Hall–Kier alpha value is -3.47. The molecule has 1 fully saturated rings. The average molecular weight is 416 g/mol. The molecular weight excluding hydrogens is 391 g/mol. The Balaban J connectivity index is 1.42. The molecule has 3 aromatic carbocycles.